The van der Waals surface area contributed by atoms with E-state index in [4.69, 9.17) is 17.0 Å². The number of benzene rings is 1. The van der Waals surface area contributed by atoms with Crippen LogP contribution in [0.1, 0.15) is 20.8 Å². The van der Waals surface area contributed by atoms with Crippen molar-refractivity contribution in [2.45, 2.75) is 26.8 Å². The second-order valence-corrected chi connectivity index (χ2v) is 6.67. The lowest BCUT2D eigenvalue weighted by Crippen LogP contribution is -2.42. The number of anilines is 2. The van der Waals surface area contributed by atoms with Crippen LogP contribution in [0.15, 0.2) is 24.3 Å². The summed E-state index contributed by atoms with van der Waals surface area (Å²) in [6.07, 6.45) is 0. The molecule has 6 heteroatoms. The summed E-state index contributed by atoms with van der Waals surface area (Å²) >= 11 is 5.38. The van der Waals surface area contributed by atoms with Gasteiger partial charge in [-0.3, -0.25) is 4.90 Å². The number of thiocarbonyl (C=S) groups is 1. The number of hydrogen-bond donors (Lipinski definition) is 2. The molecule has 2 N–H and O–H groups in total. The van der Waals surface area contributed by atoms with Gasteiger partial charge in [0.05, 0.1) is 13.2 Å². The monoisotopic (exact) mass is 350 g/mol. The van der Waals surface area contributed by atoms with E-state index in [1.165, 1.54) is 5.69 Å². The second-order valence-electron chi connectivity index (χ2n) is 6.26. The maximum atomic E-state index is 5.38. The molecule has 1 saturated heterocycles. The maximum Gasteiger partial charge on any atom is 0.170 e. The largest absolute Gasteiger partial charge is 0.379 e. The topological polar surface area (TPSA) is 39.8 Å². The molecule has 0 aromatic heterocycles. The summed E-state index contributed by atoms with van der Waals surface area (Å²) < 4.78 is 5.35. The molecule has 0 amide bonds. The lowest BCUT2D eigenvalue weighted by atomic mass is 10.2. The normalized spacial score (nSPS) is 15.3. The summed E-state index contributed by atoms with van der Waals surface area (Å²) in [6.45, 7) is 13.1. The number of hydrogen-bond acceptors (Lipinski definition) is 4. The van der Waals surface area contributed by atoms with Crippen molar-refractivity contribution in [3.8, 4) is 0 Å². The van der Waals surface area contributed by atoms with Gasteiger partial charge < -0.3 is 20.3 Å². The first-order chi connectivity index (χ1) is 11.6. The molecule has 0 aliphatic carbocycles. The van der Waals surface area contributed by atoms with Crippen molar-refractivity contribution in [3.05, 3.63) is 24.3 Å². The molecular formula is C18H30N4OS. The molecule has 2 rings (SSSR count). The molecule has 1 aromatic carbocycles. The van der Waals surface area contributed by atoms with Crippen molar-refractivity contribution in [1.82, 2.24) is 10.2 Å². The Bertz CT molecular complexity index is 500. The van der Waals surface area contributed by atoms with E-state index in [-0.39, 0.29) is 0 Å². The van der Waals surface area contributed by atoms with E-state index in [0.29, 0.717) is 11.2 Å². The van der Waals surface area contributed by atoms with Crippen LogP contribution in [0.3, 0.4) is 0 Å². The molecule has 1 fully saturated rings. The van der Waals surface area contributed by atoms with Gasteiger partial charge in [-0.25, -0.2) is 0 Å². The number of rotatable bonds is 7. The summed E-state index contributed by atoms with van der Waals surface area (Å²) in [5, 5.41) is 7.20. The van der Waals surface area contributed by atoms with Crippen LogP contribution >= 0.6 is 12.2 Å². The van der Waals surface area contributed by atoms with E-state index in [2.05, 4.69) is 65.5 Å². The third-order valence-electron chi connectivity index (χ3n) is 4.24. The van der Waals surface area contributed by atoms with Gasteiger partial charge in [-0.2, -0.15) is 0 Å². The van der Waals surface area contributed by atoms with Gasteiger partial charge in [0.15, 0.2) is 5.11 Å². The van der Waals surface area contributed by atoms with Crippen LogP contribution < -0.4 is 15.5 Å². The van der Waals surface area contributed by atoms with Gasteiger partial charge in [0.1, 0.15) is 0 Å². The van der Waals surface area contributed by atoms with Gasteiger partial charge in [0.2, 0.25) is 0 Å². The van der Waals surface area contributed by atoms with Crippen LogP contribution in [0.25, 0.3) is 0 Å². The predicted molar refractivity (Wildman–Crippen MR) is 106 cm³/mol. The highest BCUT2D eigenvalue weighted by atomic mass is 32.1. The Labute approximate surface area is 151 Å². The zero-order chi connectivity index (χ0) is 17.4. The van der Waals surface area contributed by atoms with Gasteiger partial charge >= 0.3 is 0 Å². The molecule has 1 aliphatic heterocycles. The van der Waals surface area contributed by atoms with Crippen LogP contribution in [0.2, 0.25) is 0 Å². The first-order valence-corrected chi connectivity index (χ1v) is 9.22. The minimum Gasteiger partial charge on any atom is -0.379 e. The number of nitrogens with zero attached hydrogens (tertiary/aromatic N) is 2. The first-order valence-electron chi connectivity index (χ1n) is 8.81. The molecule has 0 saturated carbocycles. The molecule has 5 nitrogen and oxygen atoms in total. The summed E-state index contributed by atoms with van der Waals surface area (Å²) in [6, 6.07) is 8.94. The summed E-state index contributed by atoms with van der Waals surface area (Å²) in [5.41, 5.74) is 2.26. The SMILES string of the molecule is CCN(c1ccc(NC(=S)NCCN2CCOCC2)cc1)C(C)C. The molecule has 1 heterocycles. The smallest absolute Gasteiger partial charge is 0.170 e. The first kappa shape index (κ1) is 19.0. The molecule has 1 aliphatic rings. The fourth-order valence-electron chi connectivity index (χ4n) is 2.91. The van der Waals surface area contributed by atoms with Gasteiger partial charge in [0.25, 0.3) is 0 Å². The van der Waals surface area contributed by atoms with Crippen LogP contribution in [-0.4, -0.2) is 62.0 Å². The highest BCUT2D eigenvalue weighted by Crippen LogP contribution is 2.19. The summed E-state index contributed by atoms with van der Waals surface area (Å²) in [5.74, 6) is 0. The van der Waals surface area contributed by atoms with Crippen molar-refractivity contribution < 1.29 is 4.74 Å². The third-order valence-corrected chi connectivity index (χ3v) is 4.48. The zero-order valence-electron chi connectivity index (χ0n) is 15.0. The van der Waals surface area contributed by atoms with Crippen molar-refractivity contribution in [3.63, 3.8) is 0 Å². The molecule has 0 radical (unpaired) electrons. The lowest BCUT2D eigenvalue weighted by Gasteiger charge is -2.27. The van der Waals surface area contributed by atoms with Crippen molar-refractivity contribution in [2.24, 2.45) is 0 Å². The Hall–Kier alpha value is -1.37. The fourth-order valence-corrected chi connectivity index (χ4v) is 3.13. The van der Waals surface area contributed by atoms with E-state index >= 15 is 0 Å². The van der Waals surface area contributed by atoms with E-state index in [1.54, 1.807) is 0 Å². The zero-order valence-corrected chi connectivity index (χ0v) is 15.9. The number of nitrogens with one attached hydrogen (secondary N) is 2. The van der Waals surface area contributed by atoms with E-state index in [1.807, 2.05) is 0 Å². The third kappa shape index (κ3) is 5.92. The van der Waals surface area contributed by atoms with Crippen LogP contribution in [0, 0.1) is 0 Å². The van der Waals surface area contributed by atoms with Crippen LogP contribution in [0.4, 0.5) is 11.4 Å². The summed E-state index contributed by atoms with van der Waals surface area (Å²) in [7, 11) is 0. The van der Waals surface area contributed by atoms with Gasteiger partial charge in [-0.05, 0) is 57.3 Å². The molecule has 1 aromatic rings. The molecule has 0 unspecified atom stereocenters. The van der Waals surface area contributed by atoms with E-state index in [9.17, 15) is 0 Å². The molecule has 0 bridgehead atoms. The van der Waals surface area contributed by atoms with Crippen LogP contribution in [-0.2, 0) is 4.74 Å². The molecule has 134 valence electrons. The summed E-state index contributed by atoms with van der Waals surface area (Å²) in [4.78, 5) is 4.75. The highest BCUT2D eigenvalue weighted by molar-refractivity contribution is 7.80. The van der Waals surface area contributed by atoms with Gasteiger partial charge in [-0.1, -0.05) is 0 Å². The Morgan fingerprint density at radius 3 is 2.50 bits per heavy atom. The van der Waals surface area contributed by atoms with Crippen molar-refractivity contribution in [1.29, 1.82) is 0 Å². The standard InChI is InChI=1S/C18H30N4OS/c1-4-22(15(2)3)17-7-5-16(6-8-17)20-18(24)19-9-10-21-11-13-23-14-12-21/h5-8,15H,4,9-14H2,1-3H3,(H2,19,20,24). The molecular weight excluding hydrogens is 320 g/mol. The van der Waals surface area contributed by atoms with E-state index in [0.717, 1.165) is 51.6 Å². The van der Waals surface area contributed by atoms with Gasteiger partial charge in [-0.15, -0.1) is 0 Å². The van der Waals surface area contributed by atoms with E-state index < -0.39 is 0 Å². The van der Waals surface area contributed by atoms with Crippen molar-refractivity contribution >= 4 is 28.7 Å². The number of ether oxygens (including phenoxy) is 1. The average Bonchev–Trinajstić information content (AvgIpc) is 2.58. The average molecular weight is 351 g/mol. The Kier molecular flexibility index (Phi) is 7.75. The minimum atomic E-state index is 0.497. The Balaban J connectivity index is 1.75. The Morgan fingerprint density at radius 2 is 1.92 bits per heavy atom. The van der Waals surface area contributed by atoms with Crippen molar-refractivity contribution in [2.75, 3.05) is 56.2 Å². The fraction of sp³-hybridized carbons (Fsp3) is 0.611. The molecule has 0 spiro atoms. The predicted octanol–water partition coefficient (Wildman–Crippen LogP) is 2.54. The number of morpholine rings is 1. The minimum absolute atomic E-state index is 0.497. The van der Waals surface area contributed by atoms with Crippen LogP contribution in [0.5, 0.6) is 0 Å². The lowest BCUT2D eigenvalue weighted by molar-refractivity contribution is 0.0389. The second kappa shape index (κ2) is 9.81. The quantitative estimate of drug-likeness (QED) is 0.737. The van der Waals surface area contributed by atoms with Gasteiger partial charge in [0, 0.05) is 50.1 Å². The maximum absolute atomic E-state index is 5.38. The molecule has 24 heavy (non-hydrogen) atoms. The molecule has 0 atom stereocenters. The highest BCUT2D eigenvalue weighted by Gasteiger charge is 2.10. The Morgan fingerprint density at radius 1 is 1.25 bits per heavy atom.